The molecule has 62 valence electrons. The van der Waals surface area contributed by atoms with Gasteiger partial charge in [-0.25, -0.2) is 0 Å². The van der Waals surface area contributed by atoms with Crippen molar-refractivity contribution in [2.45, 2.75) is 0 Å². The van der Waals surface area contributed by atoms with E-state index in [0.717, 1.165) is 16.0 Å². The van der Waals surface area contributed by atoms with Crippen LogP contribution in [0.1, 0.15) is 0 Å². The van der Waals surface area contributed by atoms with Crippen LogP contribution < -0.4 is 9.47 Å². The van der Waals surface area contributed by atoms with Crippen molar-refractivity contribution in [3.63, 3.8) is 0 Å². The maximum absolute atomic E-state index is 5.35. The van der Waals surface area contributed by atoms with Gasteiger partial charge in [0.05, 0.1) is 0 Å². The summed E-state index contributed by atoms with van der Waals surface area (Å²) in [4.78, 5) is 0. The van der Waals surface area contributed by atoms with Crippen molar-refractivity contribution < 1.29 is 9.47 Å². The lowest BCUT2D eigenvalue weighted by Crippen LogP contribution is -2.14. The molecule has 1 heterocycles. The van der Waals surface area contributed by atoms with Gasteiger partial charge in [0.25, 0.3) is 0 Å². The smallest absolute Gasteiger partial charge is 0.316 e. The number of ether oxygens (including phenoxy) is 2. The summed E-state index contributed by atoms with van der Waals surface area (Å²) in [6, 6.07) is 5.75. The Hall–Kier alpha value is 0.0662. The summed E-state index contributed by atoms with van der Waals surface area (Å²) in [7, 11) is 0. The zero-order valence-electron chi connectivity index (χ0n) is 5.84. The quantitative estimate of drug-likeness (QED) is 0.638. The molecule has 4 heteroatoms. The molecule has 0 radical (unpaired) electrons. The van der Waals surface area contributed by atoms with Crippen molar-refractivity contribution in [1.29, 1.82) is 0 Å². The molecule has 0 atom stereocenters. The number of halogens is 1. The Morgan fingerprint density at radius 2 is 1.75 bits per heavy atom. The average Bonchev–Trinajstić information content (AvgIpc) is 2.04. The first kappa shape index (κ1) is 10.1. The van der Waals surface area contributed by atoms with Crippen LogP contribution in [0.4, 0.5) is 0 Å². The van der Waals surface area contributed by atoms with Crippen LogP contribution in [0, 0.1) is 0 Å². The molecule has 0 N–H and O–H groups in total. The maximum Gasteiger partial charge on any atom is 0.316 e. The molecule has 0 spiro atoms. The molecule has 0 unspecified atom stereocenters. The van der Waals surface area contributed by atoms with Crippen LogP contribution >= 0.6 is 15.9 Å². The highest BCUT2D eigenvalue weighted by Gasteiger charge is 2.10. The highest BCUT2D eigenvalue weighted by molar-refractivity contribution is 9.10. The Bertz CT molecular complexity index is 278. The number of hydrogen-bond donors (Lipinski definition) is 0. The van der Waals surface area contributed by atoms with E-state index in [4.69, 9.17) is 9.47 Å². The van der Waals surface area contributed by atoms with Gasteiger partial charge in [0.15, 0.2) is 11.5 Å². The van der Waals surface area contributed by atoms with Gasteiger partial charge < -0.3 is 9.47 Å². The van der Waals surface area contributed by atoms with Crippen LogP contribution in [0.25, 0.3) is 0 Å². The zero-order valence-corrected chi connectivity index (χ0v) is 7.43. The molecule has 0 saturated heterocycles. The number of hydrogen-bond acceptors (Lipinski definition) is 2. The standard InChI is InChI=1S/C8H7BrO2.Mg.2H/c9-6-1-2-7-8(5-6)11-4-3-10-7;;;/h1-2,5H,3-4H2;;;. The summed E-state index contributed by atoms with van der Waals surface area (Å²) >= 11 is 3.35. The summed E-state index contributed by atoms with van der Waals surface area (Å²) in [5, 5.41) is 0. The lowest BCUT2D eigenvalue weighted by Gasteiger charge is -2.17. The van der Waals surface area contributed by atoms with E-state index in [9.17, 15) is 0 Å². The minimum absolute atomic E-state index is 0. The Balaban J connectivity index is 0.000000720. The molecule has 0 aromatic heterocycles. The minimum atomic E-state index is 0. The van der Waals surface area contributed by atoms with E-state index >= 15 is 0 Å². The lowest BCUT2D eigenvalue weighted by molar-refractivity contribution is 0.171. The van der Waals surface area contributed by atoms with Crippen molar-refractivity contribution in [1.82, 2.24) is 0 Å². The topological polar surface area (TPSA) is 18.5 Å². The van der Waals surface area contributed by atoms with Crippen LogP contribution in [0.5, 0.6) is 11.5 Å². The van der Waals surface area contributed by atoms with E-state index in [0.29, 0.717) is 13.2 Å². The molecule has 0 bridgehead atoms. The van der Waals surface area contributed by atoms with Crippen molar-refractivity contribution in [3.8, 4) is 11.5 Å². The van der Waals surface area contributed by atoms with Crippen LogP contribution in [-0.4, -0.2) is 36.3 Å². The summed E-state index contributed by atoms with van der Waals surface area (Å²) < 4.78 is 11.7. The Kier molecular flexibility index (Phi) is 3.67. The molecule has 1 aromatic carbocycles. The number of rotatable bonds is 0. The summed E-state index contributed by atoms with van der Waals surface area (Å²) in [6.07, 6.45) is 0. The fraction of sp³-hybridized carbons (Fsp3) is 0.250. The zero-order chi connectivity index (χ0) is 7.68. The fourth-order valence-corrected chi connectivity index (χ4v) is 1.36. The van der Waals surface area contributed by atoms with Gasteiger partial charge in [-0.1, -0.05) is 15.9 Å². The molecule has 0 amide bonds. The van der Waals surface area contributed by atoms with Crippen LogP contribution in [0.3, 0.4) is 0 Å². The number of fused-ring (bicyclic) bond motifs is 1. The molecule has 0 aliphatic carbocycles. The molecular formula is C8H9BrMgO2. The molecule has 0 saturated carbocycles. The number of benzene rings is 1. The second kappa shape index (κ2) is 4.34. The fourth-order valence-electron chi connectivity index (χ4n) is 1.02. The summed E-state index contributed by atoms with van der Waals surface area (Å²) in [5.41, 5.74) is 0. The second-order valence-corrected chi connectivity index (χ2v) is 3.20. The van der Waals surface area contributed by atoms with E-state index in [1.165, 1.54) is 0 Å². The van der Waals surface area contributed by atoms with E-state index < -0.39 is 0 Å². The van der Waals surface area contributed by atoms with Crippen molar-refractivity contribution in [3.05, 3.63) is 22.7 Å². The summed E-state index contributed by atoms with van der Waals surface area (Å²) in [5.74, 6) is 1.66. The molecule has 12 heavy (non-hydrogen) atoms. The van der Waals surface area contributed by atoms with Gasteiger partial charge in [0, 0.05) is 4.47 Å². The van der Waals surface area contributed by atoms with Crippen LogP contribution in [0.2, 0.25) is 0 Å². The average molecular weight is 241 g/mol. The predicted molar refractivity (Wildman–Crippen MR) is 53.7 cm³/mol. The van der Waals surface area contributed by atoms with Gasteiger partial charge in [-0.3, -0.25) is 0 Å². The van der Waals surface area contributed by atoms with E-state index in [-0.39, 0.29) is 23.1 Å². The SMILES string of the molecule is Brc1ccc2c(c1)OCCO2.[MgH2]. The van der Waals surface area contributed by atoms with Gasteiger partial charge in [0.1, 0.15) is 13.2 Å². The Morgan fingerprint density at radius 1 is 1.08 bits per heavy atom. The molecule has 2 rings (SSSR count). The highest BCUT2D eigenvalue weighted by Crippen LogP contribution is 2.32. The van der Waals surface area contributed by atoms with Crippen molar-refractivity contribution in [2.75, 3.05) is 13.2 Å². The molecule has 1 aromatic rings. The minimum Gasteiger partial charge on any atom is -0.486 e. The molecule has 1 aliphatic rings. The third-order valence-corrected chi connectivity index (χ3v) is 2.00. The Labute approximate surface area is 95.5 Å². The maximum atomic E-state index is 5.35. The molecule has 2 nitrogen and oxygen atoms in total. The van der Waals surface area contributed by atoms with Gasteiger partial charge in [0.2, 0.25) is 0 Å². The van der Waals surface area contributed by atoms with E-state index in [1.54, 1.807) is 0 Å². The van der Waals surface area contributed by atoms with E-state index in [2.05, 4.69) is 15.9 Å². The van der Waals surface area contributed by atoms with Crippen molar-refractivity contribution in [2.24, 2.45) is 0 Å². The first-order valence-corrected chi connectivity index (χ1v) is 4.21. The van der Waals surface area contributed by atoms with Gasteiger partial charge in [-0.2, -0.15) is 0 Å². The predicted octanol–water partition coefficient (Wildman–Crippen LogP) is 1.30. The normalized spacial score (nSPS) is 13.4. The monoisotopic (exact) mass is 240 g/mol. The van der Waals surface area contributed by atoms with Gasteiger partial charge in [-0.15, -0.1) is 0 Å². The molecule has 0 fully saturated rings. The molecular weight excluding hydrogens is 232 g/mol. The second-order valence-electron chi connectivity index (χ2n) is 2.29. The Morgan fingerprint density at radius 3 is 2.50 bits per heavy atom. The first-order chi connectivity index (χ1) is 5.36. The third-order valence-electron chi connectivity index (χ3n) is 1.50. The largest absolute Gasteiger partial charge is 0.486 e. The molecule has 1 aliphatic heterocycles. The van der Waals surface area contributed by atoms with Gasteiger partial charge >= 0.3 is 23.1 Å². The van der Waals surface area contributed by atoms with E-state index in [1.807, 2.05) is 18.2 Å². The van der Waals surface area contributed by atoms with Crippen LogP contribution in [-0.2, 0) is 0 Å². The lowest BCUT2D eigenvalue weighted by atomic mass is 10.3. The summed E-state index contributed by atoms with van der Waals surface area (Å²) in [6.45, 7) is 1.29. The highest BCUT2D eigenvalue weighted by atomic mass is 79.9. The van der Waals surface area contributed by atoms with Gasteiger partial charge in [-0.05, 0) is 18.2 Å². The van der Waals surface area contributed by atoms with Crippen molar-refractivity contribution >= 4 is 39.0 Å². The van der Waals surface area contributed by atoms with Crippen LogP contribution in [0.15, 0.2) is 22.7 Å². The first-order valence-electron chi connectivity index (χ1n) is 3.41. The third kappa shape index (κ3) is 2.05.